The van der Waals surface area contributed by atoms with E-state index in [4.69, 9.17) is 0 Å². The maximum atomic E-state index is 11.9. The summed E-state index contributed by atoms with van der Waals surface area (Å²) in [5.41, 5.74) is -0.276. The minimum atomic E-state index is -1.14. The second kappa shape index (κ2) is 3.66. The first-order valence-corrected chi connectivity index (χ1v) is 5.27. The molecule has 0 unspecified atom stereocenters. The zero-order valence-corrected chi connectivity index (χ0v) is 8.81. The summed E-state index contributed by atoms with van der Waals surface area (Å²) in [5, 5.41) is 10.0. The fourth-order valence-electron chi connectivity index (χ4n) is 1.94. The molecule has 2 rings (SSSR count). The largest absolute Gasteiger partial charge is 0.380 e. The molecule has 0 spiro atoms. The Morgan fingerprint density at radius 1 is 1.40 bits per heavy atom. The van der Waals surface area contributed by atoms with E-state index in [0.29, 0.717) is 19.4 Å². The van der Waals surface area contributed by atoms with Gasteiger partial charge in [-0.3, -0.25) is 4.79 Å². The molecule has 1 heterocycles. The zero-order valence-electron chi connectivity index (χ0n) is 8.81. The second-order valence-corrected chi connectivity index (χ2v) is 3.93. The summed E-state index contributed by atoms with van der Waals surface area (Å²) >= 11 is 0. The number of para-hydroxylation sites is 1. The molecule has 0 aliphatic carbocycles. The first kappa shape index (κ1) is 10.2. The first-order valence-electron chi connectivity index (χ1n) is 5.27. The normalized spacial score (nSPS) is 26.0. The Morgan fingerprint density at radius 3 is 2.60 bits per heavy atom. The fraction of sp³-hybridized carbons (Fsp3) is 0.417. The van der Waals surface area contributed by atoms with Gasteiger partial charge in [-0.2, -0.15) is 0 Å². The van der Waals surface area contributed by atoms with E-state index >= 15 is 0 Å². The number of rotatable bonds is 2. The van der Waals surface area contributed by atoms with Gasteiger partial charge in [0.25, 0.3) is 5.91 Å². The molecule has 80 valence electrons. The Balaban J connectivity index is 2.25. The van der Waals surface area contributed by atoms with Crippen molar-refractivity contribution in [1.82, 2.24) is 0 Å². The van der Waals surface area contributed by atoms with E-state index in [0.717, 1.165) is 5.69 Å². The van der Waals surface area contributed by atoms with Gasteiger partial charge in [0.2, 0.25) is 0 Å². The first-order chi connectivity index (χ1) is 7.17. The summed E-state index contributed by atoms with van der Waals surface area (Å²) in [4.78, 5) is 13.6. The quantitative estimate of drug-likeness (QED) is 0.796. The Labute approximate surface area is 89.3 Å². The van der Waals surface area contributed by atoms with Crippen LogP contribution in [0.4, 0.5) is 5.69 Å². The Bertz CT molecular complexity index is 363. The topological polar surface area (TPSA) is 40.5 Å². The van der Waals surface area contributed by atoms with Gasteiger partial charge in [0, 0.05) is 18.7 Å². The average Bonchev–Trinajstić information content (AvgIpc) is 2.58. The number of benzene rings is 1. The molecule has 1 aliphatic rings. The molecule has 1 atom stereocenters. The van der Waals surface area contributed by atoms with Crippen LogP contribution >= 0.6 is 0 Å². The number of anilines is 1. The molecule has 0 saturated carbocycles. The monoisotopic (exact) mass is 205 g/mol. The van der Waals surface area contributed by atoms with Crippen LogP contribution in [0.25, 0.3) is 0 Å². The third-order valence-electron chi connectivity index (χ3n) is 3.04. The molecule has 1 fully saturated rings. The van der Waals surface area contributed by atoms with E-state index in [1.807, 2.05) is 37.3 Å². The lowest BCUT2D eigenvalue weighted by Crippen LogP contribution is -2.39. The van der Waals surface area contributed by atoms with Crippen molar-refractivity contribution in [3.63, 3.8) is 0 Å². The highest BCUT2D eigenvalue weighted by atomic mass is 16.3. The van der Waals surface area contributed by atoms with Crippen molar-refractivity contribution in [2.24, 2.45) is 0 Å². The molecule has 3 heteroatoms. The molecule has 0 bridgehead atoms. The lowest BCUT2D eigenvalue weighted by Gasteiger charge is -2.20. The van der Waals surface area contributed by atoms with Crippen molar-refractivity contribution in [1.29, 1.82) is 0 Å². The van der Waals surface area contributed by atoms with Gasteiger partial charge in [-0.15, -0.1) is 0 Å². The van der Waals surface area contributed by atoms with Gasteiger partial charge in [0.05, 0.1) is 0 Å². The van der Waals surface area contributed by atoms with Crippen LogP contribution in [0, 0.1) is 0 Å². The molecular weight excluding hydrogens is 190 g/mol. The van der Waals surface area contributed by atoms with E-state index in [-0.39, 0.29) is 5.91 Å². The number of carbonyl (C=O) groups excluding carboxylic acids is 1. The highest BCUT2D eigenvalue weighted by molar-refractivity contribution is 6.01. The van der Waals surface area contributed by atoms with Crippen molar-refractivity contribution in [3.05, 3.63) is 30.3 Å². The van der Waals surface area contributed by atoms with Crippen LogP contribution in [0.3, 0.4) is 0 Å². The third kappa shape index (κ3) is 1.63. The van der Waals surface area contributed by atoms with E-state index in [2.05, 4.69) is 0 Å². The predicted octanol–water partition coefficient (Wildman–Crippen LogP) is 1.56. The molecule has 1 N–H and O–H groups in total. The zero-order chi connectivity index (χ0) is 10.9. The summed E-state index contributed by atoms with van der Waals surface area (Å²) < 4.78 is 0. The van der Waals surface area contributed by atoms with Gasteiger partial charge < -0.3 is 10.0 Å². The number of amides is 1. The molecule has 1 aromatic rings. The highest BCUT2D eigenvalue weighted by Gasteiger charge is 2.43. The van der Waals surface area contributed by atoms with Crippen LogP contribution in [0.2, 0.25) is 0 Å². The van der Waals surface area contributed by atoms with E-state index < -0.39 is 5.60 Å². The minimum absolute atomic E-state index is 0.170. The third-order valence-corrected chi connectivity index (χ3v) is 3.04. The lowest BCUT2D eigenvalue weighted by atomic mass is 10.00. The maximum Gasteiger partial charge on any atom is 0.258 e. The Hall–Kier alpha value is -1.35. The van der Waals surface area contributed by atoms with Crippen LogP contribution < -0.4 is 4.90 Å². The number of hydrogen-bond donors (Lipinski definition) is 1. The molecule has 0 radical (unpaired) electrons. The van der Waals surface area contributed by atoms with Crippen LogP contribution in [-0.4, -0.2) is 23.2 Å². The molecular formula is C12H15NO2. The summed E-state index contributed by atoms with van der Waals surface area (Å²) in [6.07, 6.45) is 1.01. The average molecular weight is 205 g/mol. The van der Waals surface area contributed by atoms with Crippen LogP contribution in [0.5, 0.6) is 0 Å². The van der Waals surface area contributed by atoms with Crippen molar-refractivity contribution < 1.29 is 9.90 Å². The summed E-state index contributed by atoms with van der Waals surface area (Å²) in [5.74, 6) is -0.170. The minimum Gasteiger partial charge on any atom is -0.380 e. The van der Waals surface area contributed by atoms with E-state index in [1.165, 1.54) is 0 Å². The summed E-state index contributed by atoms with van der Waals surface area (Å²) in [7, 11) is 0. The van der Waals surface area contributed by atoms with Crippen molar-refractivity contribution >= 4 is 11.6 Å². The molecule has 3 nitrogen and oxygen atoms in total. The van der Waals surface area contributed by atoms with E-state index in [1.54, 1.807) is 4.90 Å². The van der Waals surface area contributed by atoms with Crippen LogP contribution in [-0.2, 0) is 4.79 Å². The van der Waals surface area contributed by atoms with Crippen LogP contribution in [0.1, 0.15) is 19.8 Å². The summed E-state index contributed by atoms with van der Waals surface area (Å²) in [6.45, 7) is 2.44. The molecule has 1 aliphatic heterocycles. The predicted molar refractivity (Wildman–Crippen MR) is 58.7 cm³/mol. The lowest BCUT2D eigenvalue weighted by molar-refractivity contribution is -0.133. The van der Waals surface area contributed by atoms with Gasteiger partial charge in [-0.25, -0.2) is 0 Å². The Kier molecular flexibility index (Phi) is 2.49. The standard InChI is InChI=1S/C12H15NO2/c1-2-12(15)8-9-13(11(12)14)10-6-4-3-5-7-10/h3-7,15H,2,8-9H2,1H3/t12-/m1/s1. The van der Waals surface area contributed by atoms with Gasteiger partial charge in [-0.05, 0) is 18.6 Å². The molecule has 0 aromatic heterocycles. The van der Waals surface area contributed by atoms with Gasteiger partial charge in [0.15, 0.2) is 0 Å². The smallest absolute Gasteiger partial charge is 0.258 e. The maximum absolute atomic E-state index is 11.9. The Morgan fingerprint density at radius 2 is 2.07 bits per heavy atom. The molecule has 1 saturated heterocycles. The highest BCUT2D eigenvalue weighted by Crippen LogP contribution is 2.29. The number of hydrogen-bond acceptors (Lipinski definition) is 2. The van der Waals surface area contributed by atoms with Gasteiger partial charge in [0.1, 0.15) is 5.60 Å². The molecule has 15 heavy (non-hydrogen) atoms. The number of aliphatic hydroxyl groups is 1. The fourth-order valence-corrected chi connectivity index (χ4v) is 1.94. The van der Waals surface area contributed by atoms with Gasteiger partial charge >= 0.3 is 0 Å². The molecule has 1 amide bonds. The second-order valence-electron chi connectivity index (χ2n) is 3.93. The number of nitrogens with zero attached hydrogens (tertiary/aromatic N) is 1. The summed E-state index contributed by atoms with van der Waals surface area (Å²) in [6, 6.07) is 9.48. The van der Waals surface area contributed by atoms with Crippen molar-refractivity contribution in [2.45, 2.75) is 25.4 Å². The van der Waals surface area contributed by atoms with E-state index in [9.17, 15) is 9.90 Å². The van der Waals surface area contributed by atoms with Crippen LogP contribution in [0.15, 0.2) is 30.3 Å². The van der Waals surface area contributed by atoms with Crippen molar-refractivity contribution in [2.75, 3.05) is 11.4 Å². The molecule has 1 aromatic carbocycles. The number of carbonyl (C=O) groups is 1. The van der Waals surface area contributed by atoms with Crippen molar-refractivity contribution in [3.8, 4) is 0 Å². The van der Waals surface area contributed by atoms with Gasteiger partial charge in [-0.1, -0.05) is 25.1 Å². The SMILES string of the molecule is CC[C@@]1(O)CCN(c2ccccc2)C1=O.